The molecule has 0 amide bonds. The first kappa shape index (κ1) is 8.53. The van der Waals surface area contributed by atoms with Crippen LogP contribution in [0.3, 0.4) is 0 Å². The highest BCUT2D eigenvalue weighted by atomic mass is 16.7. The Labute approximate surface area is 77.1 Å². The Morgan fingerprint density at radius 2 is 2.00 bits per heavy atom. The average Bonchev–Trinajstić information content (AvgIpc) is 2.48. The number of rotatable bonds is 1. The largest absolute Gasteiger partial charge is 0.384 e. The van der Waals surface area contributed by atoms with Gasteiger partial charge in [0.25, 0.3) is 0 Å². The number of amidine groups is 1. The van der Waals surface area contributed by atoms with E-state index in [2.05, 4.69) is 9.99 Å². The minimum absolute atomic E-state index is 0.250. The number of nitrogens with zero attached hydrogens (tertiary/aromatic N) is 1. The van der Waals surface area contributed by atoms with E-state index < -0.39 is 0 Å². The fourth-order valence-corrected chi connectivity index (χ4v) is 2.23. The lowest BCUT2D eigenvalue weighted by Crippen LogP contribution is -2.33. The molecule has 0 aromatic heterocycles. The molecule has 1 aliphatic heterocycles. The van der Waals surface area contributed by atoms with Crippen LogP contribution in [-0.4, -0.2) is 11.8 Å². The summed E-state index contributed by atoms with van der Waals surface area (Å²) in [5.41, 5.74) is 5.60. The Bertz CT molecular complexity index is 244. The van der Waals surface area contributed by atoms with Crippen molar-refractivity contribution >= 4 is 11.8 Å². The number of carbonyl (C=O) groups is 1. The van der Waals surface area contributed by atoms with Crippen LogP contribution in [0.2, 0.25) is 0 Å². The Hall–Kier alpha value is -1.06. The molecule has 4 nitrogen and oxygen atoms in total. The molecule has 13 heavy (non-hydrogen) atoms. The van der Waals surface area contributed by atoms with E-state index in [1.165, 1.54) is 19.3 Å². The van der Waals surface area contributed by atoms with E-state index in [0.29, 0.717) is 11.8 Å². The summed E-state index contributed by atoms with van der Waals surface area (Å²) < 4.78 is 0. The van der Waals surface area contributed by atoms with Crippen LogP contribution in [0.4, 0.5) is 0 Å². The fourth-order valence-electron chi connectivity index (χ4n) is 2.23. The first-order valence-corrected chi connectivity index (χ1v) is 4.83. The molecule has 0 spiro atoms. The first-order valence-electron chi connectivity index (χ1n) is 4.83. The van der Waals surface area contributed by atoms with Crippen LogP contribution in [0, 0.1) is 11.8 Å². The van der Waals surface area contributed by atoms with Crippen LogP contribution in [0.15, 0.2) is 5.16 Å². The highest BCUT2D eigenvalue weighted by Gasteiger charge is 2.38. The SMILES string of the molecule is NC1=NOC(=O)[C@@H]1C1CCCCC1. The lowest BCUT2D eigenvalue weighted by molar-refractivity contribution is -0.145. The van der Waals surface area contributed by atoms with E-state index in [0.717, 1.165) is 12.8 Å². The zero-order valence-electron chi connectivity index (χ0n) is 7.53. The van der Waals surface area contributed by atoms with Crippen molar-refractivity contribution in [2.24, 2.45) is 22.7 Å². The van der Waals surface area contributed by atoms with Gasteiger partial charge in [-0.1, -0.05) is 24.4 Å². The van der Waals surface area contributed by atoms with Gasteiger partial charge in [0.05, 0.1) is 0 Å². The second-order valence-corrected chi connectivity index (χ2v) is 3.80. The summed E-state index contributed by atoms with van der Waals surface area (Å²) in [6, 6.07) is 0. The van der Waals surface area contributed by atoms with Gasteiger partial charge in [0.2, 0.25) is 0 Å². The van der Waals surface area contributed by atoms with Gasteiger partial charge in [-0.2, -0.15) is 0 Å². The van der Waals surface area contributed by atoms with Crippen molar-refractivity contribution in [3.8, 4) is 0 Å². The zero-order valence-corrected chi connectivity index (χ0v) is 7.53. The fraction of sp³-hybridized carbons (Fsp3) is 0.778. The van der Waals surface area contributed by atoms with Crippen LogP contribution in [0.1, 0.15) is 32.1 Å². The normalized spacial score (nSPS) is 30.0. The van der Waals surface area contributed by atoms with E-state index in [9.17, 15) is 4.79 Å². The smallest absolute Gasteiger partial charge is 0.346 e. The number of hydrogen-bond donors (Lipinski definition) is 1. The molecule has 2 aliphatic rings. The number of carbonyl (C=O) groups excluding carboxylic acids is 1. The molecule has 4 heteroatoms. The number of nitrogens with two attached hydrogens (primary N) is 1. The van der Waals surface area contributed by atoms with Crippen molar-refractivity contribution in [3.63, 3.8) is 0 Å². The first-order chi connectivity index (χ1) is 6.29. The second-order valence-electron chi connectivity index (χ2n) is 3.80. The third-order valence-corrected chi connectivity index (χ3v) is 2.93. The molecular weight excluding hydrogens is 168 g/mol. The summed E-state index contributed by atoms with van der Waals surface area (Å²) in [4.78, 5) is 15.8. The highest BCUT2D eigenvalue weighted by molar-refractivity contribution is 6.03. The molecular formula is C9H14N2O2. The lowest BCUT2D eigenvalue weighted by Gasteiger charge is -2.24. The summed E-state index contributed by atoms with van der Waals surface area (Å²) in [6.07, 6.45) is 5.82. The van der Waals surface area contributed by atoms with Gasteiger partial charge in [-0.3, -0.25) is 0 Å². The molecule has 0 bridgehead atoms. The molecule has 1 heterocycles. The van der Waals surface area contributed by atoms with Gasteiger partial charge >= 0.3 is 5.97 Å². The third-order valence-electron chi connectivity index (χ3n) is 2.93. The molecule has 1 fully saturated rings. The Kier molecular flexibility index (Phi) is 2.20. The lowest BCUT2D eigenvalue weighted by atomic mass is 9.80. The minimum atomic E-state index is -0.260. The quantitative estimate of drug-likeness (QED) is 0.615. The topological polar surface area (TPSA) is 64.7 Å². The van der Waals surface area contributed by atoms with Crippen molar-refractivity contribution < 1.29 is 9.63 Å². The predicted molar refractivity (Wildman–Crippen MR) is 47.8 cm³/mol. The molecule has 0 aromatic rings. The van der Waals surface area contributed by atoms with Gasteiger partial charge in [0.1, 0.15) is 5.92 Å². The average molecular weight is 182 g/mol. The molecule has 1 saturated carbocycles. The van der Waals surface area contributed by atoms with Crippen LogP contribution in [0.25, 0.3) is 0 Å². The summed E-state index contributed by atoms with van der Waals surface area (Å²) in [5, 5.41) is 3.52. The van der Waals surface area contributed by atoms with Crippen molar-refractivity contribution in [1.29, 1.82) is 0 Å². The molecule has 2 N–H and O–H groups in total. The number of oxime groups is 1. The Morgan fingerprint density at radius 1 is 1.31 bits per heavy atom. The van der Waals surface area contributed by atoms with Gasteiger partial charge < -0.3 is 10.6 Å². The van der Waals surface area contributed by atoms with E-state index in [4.69, 9.17) is 5.73 Å². The van der Waals surface area contributed by atoms with Gasteiger partial charge in [-0.05, 0) is 18.8 Å². The van der Waals surface area contributed by atoms with Gasteiger partial charge in [-0.25, -0.2) is 4.79 Å². The second kappa shape index (κ2) is 3.36. The molecule has 2 rings (SSSR count). The Morgan fingerprint density at radius 3 is 2.54 bits per heavy atom. The van der Waals surface area contributed by atoms with E-state index in [1.807, 2.05) is 0 Å². The predicted octanol–water partition coefficient (Wildman–Crippen LogP) is 1.01. The summed E-state index contributed by atoms with van der Waals surface area (Å²) in [6.45, 7) is 0. The van der Waals surface area contributed by atoms with Crippen molar-refractivity contribution in [3.05, 3.63) is 0 Å². The van der Waals surface area contributed by atoms with Gasteiger partial charge in [-0.15, -0.1) is 0 Å². The van der Waals surface area contributed by atoms with Crippen molar-refractivity contribution in [1.82, 2.24) is 0 Å². The summed E-state index contributed by atoms with van der Waals surface area (Å²) in [5.74, 6) is 0.231. The maximum atomic E-state index is 11.3. The molecule has 72 valence electrons. The van der Waals surface area contributed by atoms with Gasteiger partial charge in [0, 0.05) is 0 Å². The van der Waals surface area contributed by atoms with Crippen molar-refractivity contribution in [2.45, 2.75) is 32.1 Å². The van der Waals surface area contributed by atoms with Crippen LogP contribution >= 0.6 is 0 Å². The third kappa shape index (κ3) is 1.53. The maximum absolute atomic E-state index is 11.3. The molecule has 1 aliphatic carbocycles. The molecule has 1 atom stereocenters. The molecule has 0 aromatic carbocycles. The summed E-state index contributed by atoms with van der Waals surface area (Å²) in [7, 11) is 0. The van der Waals surface area contributed by atoms with Crippen LogP contribution in [-0.2, 0) is 9.63 Å². The number of hydrogen-bond acceptors (Lipinski definition) is 4. The summed E-state index contributed by atoms with van der Waals surface area (Å²) >= 11 is 0. The van der Waals surface area contributed by atoms with E-state index >= 15 is 0 Å². The van der Waals surface area contributed by atoms with E-state index in [1.54, 1.807) is 0 Å². The van der Waals surface area contributed by atoms with Crippen LogP contribution in [0.5, 0.6) is 0 Å². The van der Waals surface area contributed by atoms with Crippen molar-refractivity contribution in [2.75, 3.05) is 0 Å². The molecule has 0 saturated heterocycles. The minimum Gasteiger partial charge on any atom is -0.384 e. The molecule has 0 unspecified atom stereocenters. The maximum Gasteiger partial charge on any atom is 0.346 e. The monoisotopic (exact) mass is 182 g/mol. The zero-order chi connectivity index (χ0) is 9.26. The standard InChI is InChI=1S/C9H14N2O2/c10-8-7(9(12)13-11-8)6-4-2-1-3-5-6/h6-7H,1-5H2,(H2,10,11)/t7-/m1/s1. The van der Waals surface area contributed by atoms with Crippen LogP contribution < -0.4 is 5.73 Å². The molecule has 0 radical (unpaired) electrons. The Balaban J connectivity index is 2.05. The highest BCUT2D eigenvalue weighted by Crippen LogP contribution is 2.32. The van der Waals surface area contributed by atoms with Gasteiger partial charge in [0.15, 0.2) is 5.84 Å². The van der Waals surface area contributed by atoms with E-state index in [-0.39, 0.29) is 11.9 Å².